The predicted octanol–water partition coefficient (Wildman–Crippen LogP) is 2.40. The number of carbonyl (C=O) groups is 1. The number of rotatable bonds is 4. The highest BCUT2D eigenvalue weighted by Crippen LogP contribution is 2.21. The SMILES string of the molecule is O=C(Cn1nc(-c2cccs2)oc1=O)NC1CCCCCC1. The molecule has 0 bridgehead atoms. The van der Waals surface area contributed by atoms with Crippen LogP contribution in [0.2, 0.25) is 0 Å². The zero-order valence-electron chi connectivity index (χ0n) is 12.3. The Balaban J connectivity index is 1.63. The van der Waals surface area contributed by atoms with E-state index in [0.29, 0.717) is 0 Å². The fraction of sp³-hybridized carbons (Fsp3) is 0.533. The Labute approximate surface area is 132 Å². The summed E-state index contributed by atoms with van der Waals surface area (Å²) in [6.45, 7) is -0.0930. The maximum absolute atomic E-state index is 12.1. The van der Waals surface area contributed by atoms with Gasteiger partial charge in [0.05, 0.1) is 4.88 Å². The molecule has 0 spiro atoms. The minimum Gasteiger partial charge on any atom is -0.387 e. The van der Waals surface area contributed by atoms with Crippen LogP contribution in [-0.2, 0) is 11.3 Å². The summed E-state index contributed by atoms with van der Waals surface area (Å²) in [6, 6.07) is 3.90. The van der Waals surface area contributed by atoms with Crippen LogP contribution in [-0.4, -0.2) is 21.7 Å². The predicted molar refractivity (Wildman–Crippen MR) is 83.7 cm³/mol. The summed E-state index contributed by atoms with van der Waals surface area (Å²) < 4.78 is 6.18. The molecule has 0 aliphatic heterocycles. The third-order valence-corrected chi connectivity index (χ3v) is 4.71. The van der Waals surface area contributed by atoms with Crippen molar-refractivity contribution in [1.29, 1.82) is 0 Å². The molecule has 0 unspecified atom stereocenters. The Morgan fingerprint density at radius 3 is 2.82 bits per heavy atom. The smallest absolute Gasteiger partial charge is 0.387 e. The van der Waals surface area contributed by atoms with Crippen molar-refractivity contribution in [2.24, 2.45) is 0 Å². The van der Waals surface area contributed by atoms with Gasteiger partial charge in [-0.1, -0.05) is 31.7 Å². The second-order valence-corrected chi connectivity index (χ2v) is 6.51. The van der Waals surface area contributed by atoms with E-state index in [9.17, 15) is 9.59 Å². The highest BCUT2D eigenvalue weighted by Gasteiger charge is 2.17. The van der Waals surface area contributed by atoms with Crippen LogP contribution in [0.5, 0.6) is 0 Å². The fourth-order valence-electron chi connectivity index (χ4n) is 2.74. The number of thiophene rings is 1. The molecule has 0 aromatic carbocycles. The van der Waals surface area contributed by atoms with Crippen LogP contribution in [0.1, 0.15) is 38.5 Å². The van der Waals surface area contributed by atoms with E-state index in [2.05, 4.69) is 10.4 Å². The molecule has 0 saturated heterocycles. The van der Waals surface area contributed by atoms with E-state index in [-0.39, 0.29) is 24.4 Å². The Morgan fingerprint density at radius 2 is 2.14 bits per heavy atom. The maximum Gasteiger partial charge on any atom is 0.437 e. The molecule has 1 fully saturated rings. The topological polar surface area (TPSA) is 77.1 Å². The van der Waals surface area contributed by atoms with E-state index < -0.39 is 5.76 Å². The molecule has 22 heavy (non-hydrogen) atoms. The summed E-state index contributed by atoms with van der Waals surface area (Å²) in [5.74, 6) is -0.512. The molecule has 1 N–H and O–H groups in total. The lowest BCUT2D eigenvalue weighted by Gasteiger charge is -2.15. The molecule has 2 aromatic rings. The Hall–Kier alpha value is -1.89. The van der Waals surface area contributed by atoms with E-state index in [0.717, 1.165) is 35.2 Å². The van der Waals surface area contributed by atoms with Gasteiger partial charge < -0.3 is 9.73 Å². The fourth-order valence-corrected chi connectivity index (χ4v) is 3.38. The molecule has 7 heteroatoms. The molecule has 1 amide bonds. The van der Waals surface area contributed by atoms with Crippen LogP contribution < -0.4 is 11.1 Å². The average molecular weight is 321 g/mol. The largest absolute Gasteiger partial charge is 0.437 e. The van der Waals surface area contributed by atoms with Crippen molar-refractivity contribution in [1.82, 2.24) is 15.1 Å². The first-order valence-corrected chi connectivity index (χ1v) is 8.51. The number of nitrogens with zero attached hydrogens (tertiary/aromatic N) is 2. The van der Waals surface area contributed by atoms with Crippen molar-refractivity contribution in [2.75, 3.05) is 0 Å². The summed E-state index contributed by atoms with van der Waals surface area (Å²) in [6.07, 6.45) is 6.80. The minimum absolute atomic E-state index is 0.0930. The first kappa shape index (κ1) is 15.0. The molecule has 0 radical (unpaired) electrons. The summed E-state index contributed by atoms with van der Waals surface area (Å²) >= 11 is 1.44. The number of hydrogen-bond donors (Lipinski definition) is 1. The van der Waals surface area contributed by atoms with Gasteiger partial charge in [0.15, 0.2) is 0 Å². The Kier molecular flexibility index (Phi) is 4.72. The third-order valence-electron chi connectivity index (χ3n) is 3.85. The molecule has 3 rings (SSSR count). The molecular formula is C15H19N3O3S. The van der Waals surface area contributed by atoms with E-state index in [4.69, 9.17) is 4.42 Å². The average Bonchev–Trinajstić information content (AvgIpc) is 3.06. The first-order valence-electron chi connectivity index (χ1n) is 7.63. The lowest BCUT2D eigenvalue weighted by Crippen LogP contribution is -2.38. The lowest BCUT2D eigenvalue weighted by atomic mass is 10.1. The van der Waals surface area contributed by atoms with Crippen LogP contribution in [0.15, 0.2) is 26.7 Å². The van der Waals surface area contributed by atoms with Crippen LogP contribution >= 0.6 is 11.3 Å². The maximum atomic E-state index is 12.1. The number of aromatic nitrogens is 2. The molecule has 6 nitrogen and oxygen atoms in total. The van der Waals surface area contributed by atoms with Gasteiger partial charge in [-0.25, -0.2) is 4.79 Å². The normalized spacial score (nSPS) is 16.4. The highest BCUT2D eigenvalue weighted by molar-refractivity contribution is 7.13. The second-order valence-electron chi connectivity index (χ2n) is 5.56. The summed E-state index contributed by atoms with van der Waals surface area (Å²) in [5, 5.41) is 8.97. The van der Waals surface area contributed by atoms with Crippen molar-refractivity contribution in [3.8, 4) is 10.8 Å². The van der Waals surface area contributed by atoms with Crippen molar-refractivity contribution >= 4 is 17.2 Å². The molecule has 1 saturated carbocycles. The van der Waals surface area contributed by atoms with Crippen LogP contribution in [0.25, 0.3) is 10.8 Å². The summed E-state index contributed by atoms with van der Waals surface area (Å²) in [4.78, 5) is 24.6. The quantitative estimate of drug-likeness (QED) is 0.877. The summed E-state index contributed by atoms with van der Waals surface area (Å²) in [5.41, 5.74) is 0. The van der Waals surface area contributed by atoms with Crippen molar-refractivity contribution in [3.63, 3.8) is 0 Å². The zero-order chi connectivity index (χ0) is 15.4. The van der Waals surface area contributed by atoms with Gasteiger partial charge in [-0.05, 0) is 24.3 Å². The van der Waals surface area contributed by atoms with E-state index in [1.54, 1.807) is 0 Å². The lowest BCUT2D eigenvalue weighted by molar-refractivity contribution is -0.122. The Morgan fingerprint density at radius 1 is 1.36 bits per heavy atom. The van der Waals surface area contributed by atoms with Gasteiger partial charge in [-0.15, -0.1) is 16.4 Å². The zero-order valence-corrected chi connectivity index (χ0v) is 13.1. The Bertz CT molecular complexity index is 667. The van der Waals surface area contributed by atoms with Gasteiger partial charge in [0.25, 0.3) is 5.89 Å². The molecule has 1 aliphatic carbocycles. The van der Waals surface area contributed by atoms with E-state index >= 15 is 0 Å². The molecule has 2 aromatic heterocycles. The standard InChI is InChI=1S/C15H19N3O3S/c19-13(16-11-6-3-1-2-4-7-11)10-18-15(20)21-14(17-18)12-8-5-9-22-12/h5,8-9,11H,1-4,6-7,10H2,(H,16,19). The van der Waals surface area contributed by atoms with Crippen molar-refractivity contribution < 1.29 is 9.21 Å². The highest BCUT2D eigenvalue weighted by atomic mass is 32.1. The van der Waals surface area contributed by atoms with E-state index in [1.165, 1.54) is 24.2 Å². The monoisotopic (exact) mass is 321 g/mol. The van der Waals surface area contributed by atoms with Gasteiger partial charge in [0.1, 0.15) is 6.54 Å². The molecule has 1 aliphatic rings. The minimum atomic E-state index is -0.598. The van der Waals surface area contributed by atoms with Crippen LogP contribution in [0, 0.1) is 0 Å². The van der Waals surface area contributed by atoms with Gasteiger partial charge in [0.2, 0.25) is 5.91 Å². The third kappa shape index (κ3) is 3.65. The number of carbonyl (C=O) groups excluding carboxylic acids is 1. The number of amides is 1. The second kappa shape index (κ2) is 6.91. The van der Waals surface area contributed by atoms with Gasteiger partial charge in [0, 0.05) is 6.04 Å². The van der Waals surface area contributed by atoms with Crippen molar-refractivity contribution in [2.45, 2.75) is 51.1 Å². The first-order chi connectivity index (χ1) is 10.7. The van der Waals surface area contributed by atoms with E-state index in [1.807, 2.05) is 17.5 Å². The molecule has 0 atom stereocenters. The van der Waals surface area contributed by atoms with Gasteiger partial charge >= 0.3 is 5.76 Å². The summed E-state index contributed by atoms with van der Waals surface area (Å²) in [7, 11) is 0. The van der Waals surface area contributed by atoms with Crippen LogP contribution in [0.4, 0.5) is 0 Å². The van der Waals surface area contributed by atoms with Gasteiger partial charge in [-0.3, -0.25) is 4.79 Å². The number of nitrogens with one attached hydrogen (secondary N) is 1. The molecular weight excluding hydrogens is 302 g/mol. The van der Waals surface area contributed by atoms with Crippen LogP contribution in [0.3, 0.4) is 0 Å². The molecule has 118 valence electrons. The van der Waals surface area contributed by atoms with Gasteiger partial charge in [-0.2, -0.15) is 4.68 Å². The molecule has 2 heterocycles. The van der Waals surface area contributed by atoms with Crippen molar-refractivity contribution in [3.05, 3.63) is 28.1 Å². The number of hydrogen-bond acceptors (Lipinski definition) is 5.